The van der Waals surface area contributed by atoms with Crippen molar-refractivity contribution in [2.24, 2.45) is 5.10 Å². The number of benzene rings is 3. The lowest BCUT2D eigenvalue weighted by Crippen LogP contribution is -2.25. The molecular formula is C26H22Br2N4O8. The maximum Gasteiger partial charge on any atom is 0.344 e. The van der Waals surface area contributed by atoms with Gasteiger partial charge in [0, 0.05) is 16.6 Å². The van der Waals surface area contributed by atoms with Gasteiger partial charge in [-0.2, -0.15) is 5.10 Å². The van der Waals surface area contributed by atoms with Crippen molar-refractivity contribution in [3.8, 4) is 11.5 Å². The van der Waals surface area contributed by atoms with E-state index < -0.39 is 33.1 Å². The summed E-state index contributed by atoms with van der Waals surface area (Å²) in [7, 11) is 0. The molecule has 40 heavy (non-hydrogen) atoms. The van der Waals surface area contributed by atoms with Gasteiger partial charge in [0.2, 0.25) is 0 Å². The lowest BCUT2D eigenvalue weighted by atomic mass is 10.0. The van der Waals surface area contributed by atoms with Crippen molar-refractivity contribution >= 4 is 61.3 Å². The molecule has 3 aromatic rings. The number of nitrogens with one attached hydrogen (secondary N) is 1. The minimum Gasteiger partial charge on any atom is -0.482 e. The number of hydrogen-bond donors (Lipinski definition) is 1. The zero-order valence-corrected chi connectivity index (χ0v) is 24.5. The number of amides is 1. The van der Waals surface area contributed by atoms with Crippen LogP contribution in [0.5, 0.6) is 11.5 Å². The van der Waals surface area contributed by atoms with E-state index in [1.807, 2.05) is 26.8 Å². The van der Waals surface area contributed by atoms with E-state index in [1.165, 1.54) is 18.3 Å². The summed E-state index contributed by atoms with van der Waals surface area (Å²) in [5.74, 6) is -0.764. The Balaban J connectivity index is 1.65. The minimum absolute atomic E-state index is 0.0504. The number of halogens is 2. The zero-order chi connectivity index (χ0) is 29.6. The predicted molar refractivity (Wildman–Crippen MR) is 153 cm³/mol. The summed E-state index contributed by atoms with van der Waals surface area (Å²) in [6, 6.07) is 10.5. The molecule has 0 aliphatic rings. The summed E-state index contributed by atoms with van der Waals surface area (Å²) in [6.45, 7) is 5.65. The Labute approximate surface area is 244 Å². The maximum absolute atomic E-state index is 12.5. The number of non-ortho nitro benzene ring substituents is 2. The molecule has 1 N–H and O–H groups in total. The Morgan fingerprint density at radius 1 is 1.05 bits per heavy atom. The van der Waals surface area contributed by atoms with Crippen molar-refractivity contribution in [2.45, 2.75) is 26.7 Å². The largest absolute Gasteiger partial charge is 0.482 e. The van der Waals surface area contributed by atoms with Crippen LogP contribution in [0.25, 0.3) is 0 Å². The molecular weight excluding hydrogens is 656 g/mol. The van der Waals surface area contributed by atoms with Crippen LogP contribution in [-0.4, -0.2) is 34.5 Å². The SMILES string of the molecule is Cc1c(Br)cc(C(C)C)c(OCC(=O)NN=Cc2cccc(OC(=O)c3cc([N+](=O)[O-])cc([N+](=O)[O-])c3)c2)c1Br. The number of carbonyl (C=O) groups is 2. The van der Waals surface area contributed by atoms with Crippen molar-refractivity contribution in [3.05, 3.63) is 100.0 Å². The highest BCUT2D eigenvalue weighted by atomic mass is 79.9. The molecule has 0 radical (unpaired) electrons. The minimum atomic E-state index is -1.03. The fourth-order valence-corrected chi connectivity index (χ4v) is 4.65. The summed E-state index contributed by atoms with van der Waals surface area (Å²) in [5, 5.41) is 26.0. The Morgan fingerprint density at radius 2 is 1.70 bits per heavy atom. The summed E-state index contributed by atoms with van der Waals surface area (Å²) in [5.41, 5.74) is 3.06. The van der Waals surface area contributed by atoms with E-state index in [1.54, 1.807) is 12.1 Å². The second-order valence-corrected chi connectivity index (χ2v) is 10.3. The van der Waals surface area contributed by atoms with Gasteiger partial charge in [0.15, 0.2) is 6.61 Å². The van der Waals surface area contributed by atoms with Crippen molar-refractivity contribution in [2.75, 3.05) is 6.61 Å². The van der Waals surface area contributed by atoms with Gasteiger partial charge in [-0.05, 0) is 63.7 Å². The van der Waals surface area contributed by atoms with Crippen LogP contribution in [0.1, 0.15) is 46.8 Å². The van der Waals surface area contributed by atoms with E-state index in [9.17, 15) is 29.8 Å². The fraction of sp³-hybridized carbons (Fsp3) is 0.192. The molecule has 0 heterocycles. The Bertz CT molecular complexity index is 1490. The summed E-state index contributed by atoms with van der Waals surface area (Å²) < 4.78 is 12.7. The molecule has 0 spiro atoms. The zero-order valence-electron chi connectivity index (χ0n) is 21.3. The second kappa shape index (κ2) is 13.3. The molecule has 0 atom stereocenters. The van der Waals surface area contributed by atoms with Crippen molar-refractivity contribution in [1.82, 2.24) is 5.43 Å². The molecule has 0 aliphatic carbocycles. The van der Waals surface area contributed by atoms with Gasteiger partial charge in [-0.25, -0.2) is 10.2 Å². The average Bonchev–Trinajstić information content (AvgIpc) is 2.90. The normalized spacial score (nSPS) is 10.9. The van der Waals surface area contributed by atoms with E-state index >= 15 is 0 Å². The maximum atomic E-state index is 12.5. The second-order valence-electron chi connectivity index (χ2n) is 8.67. The van der Waals surface area contributed by atoms with Crippen LogP contribution >= 0.6 is 31.9 Å². The monoisotopic (exact) mass is 676 g/mol. The number of hydrazone groups is 1. The Hall–Kier alpha value is -4.17. The van der Waals surface area contributed by atoms with E-state index in [2.05, 4.69) is 42.4 Å². The van der Waals surface area contributed by atoms with Gasteiger partial charge in [-0.3, -0.25) is 25.0 Å². The highest BCUT2D eigenvalue weighted by Gasteiger charge is 2.21. The molecule has 0 bridgehead atoms. The third-order valence-electron chi connectivity index (χ3n) is 5.43. The highest BCUT2D eigenvalue weighted by Crippen LogP contribution is 2.40. The molecule has 0 aliphatic heterocycles. The van der Waals surface area contributed by atoms with Gasteiger partial charge < -0.3 is 9.47 Å². The first kappa shape index (κ1) is 30.4. The predicted octanol–water partition coefficient (Wildman–Crippen LogP) is 6.21. The average molecular weight is 678 g/mol. The first-order chi connectivity index (χ1) is 18.9. The van der Waals surface area contributed by atoms with Gasteiger partial charge in [0.1, 0.15) is 11.5 Å². The molecule has 208 valence electrons. The van der Waals surface area contributed by atoms with E-state index in [-0.39, 0.29) is 23.8 Å². The quantitative estimate of drug-likeness (QED) is 0.0870. The first-order valence-corrected chi connectivity index (χ1v) is 13.1. The molecule has 14 heteroatoms. The van der Waals surface area contributed by atoms with Gasteiger partial charge in [-0.15, -0.1) is 0 Å². The smallest absolute Gasteiger partial charge is 0.344 e. The number of ether oxygens (including phenoxy) is 2. The molecule has 12 nitrogen and oxygen atoms in total. The van der Waals surface area contributed by atoms with E-state index in [0.717, 1.165) is 38.3 Å². The van der Waals surface area contributed by atoms with Crippen LogP contribution in [0.4, 0.5) is 11.4 Å². The van der Waals surface area contributed by atoms with Crippen molar-refractivity contribution in [1.29, 1.82) is 0 Å². The topological polar surface area (TPSA) is 163 Å². The van der Waals surface area contributed by atoms with Crippen molar-refractivity contribution in [3.63, 3.8) is 0 Å². The molecule has 3 rings (SSSR count). The van der Waals surface area contributed by atoms with Gasteiger partial charge in [0.05, 0.1) is 32.2 Å². The van der Waals surface area contributed by atoms with Crippen LogP contribution < -0.4 is 14.9 Å². The number of rotatable bonds is 10. The van der Waals surface area contributed by atoms with Gasteiger partial charge in [0.25, 0.3) is 17.3 Å². The van der Waals surface area contributed by atoms with Gasteiger partial charge >= 0.3 is 5.97 Å². The van der Waals surface area contributed by atoms with Crippen LogP contribution in [0, 0.1) is 27.2 Å². The highest BCUT2D eigenvalue weighted by molar-refractivity contribution is 9.11. The molecule has 0 fully saturated rings. The number of nitro groups is 2. The standard InChI is InChI=1S/C26H22Br2N4O8/c1-14(2)21-11-22(27)15(3)24(28)25(21)39-13-23(33)30-29-12-16-5-4-6-20(7-16)40-26(34)17-8-18(31(35)36)10-19(9-17)32(37)38/h4-12,14H,13H2,1-3H3,(H,30,33). The molecule has 3 aromatic carbocycles. The third-order valence-corrected chi connectivity index (χ3v) is 7.21. The van der Waals surface area contributed by atoms with Crippen molar-refractivity contribution < 1.29 is 28.9 Å². The van der Waals surface area contributed by atoms with Crippen LogP contribution in [0.3, 0.4) is 0 Å². The first-order valence-electron chi connectivity index (χ1n) is 11.6. The van der Waals surface area contributed by atoms with Crippen LogP contribution in [0.2, 0.25) is 0 Å². The molecule has 1 amide bonds. The summed E-state index contributed by atoms with van der Waals surface area (Å²) >= 11 is 7.05. The van der Waals surface area contributed by atoms with Crippen LogP contribution in [-0.2, 0) is 4.79 Å². The summed E-state index contributed by atoms with van der Waals surface area (Å²) in [4.78, 5) is 45.3. The molecule has 0 aromatic heterocycles. The summed E-state index contributed by atoms with van der Waals surface area (Å²) in [6.07, 6.45) is 1.31. The third kappa shape index (κ3) is 7.70. The molecule has 0 saturated heterocycles. The Morgan fingerprint density at radius 3 is 2.30 bits per heavy atom. The molecule has 0 saturated carbocycles. The number of carbonyl (C=O) groups excluding carboxylic acids is 2. The number of esters is 1. The number of nitrogens with zero attached hydrogens (tertiary/aromatic N) is 3. The Kier molecular flexibility index (Phi) is 10.1. The lowest BCUT2D eigenvalue weighted by molar-refractivity contribution is -0.394. The van der Waals surface area contributed by atoms with E-state index in [0.29, 0.717) is 11.3 Å². The van der Waals surface area contributed by atoms with E-state index in [4.69, 9.17) is 9.47 Å². The lowest BCUT2D eigenvalue weighted by Gasteiger charge is -2.18. The molecule has 0 unspecified atom stereocenters. The fourth-order valence-electron chi connectivity index (χ4n) is 3.38. The number of hydrogen-bond acceptors (Lipinski definition) is 9. The van der Waals surface area contributed by atoms with Crippen LogP contribution in [0.15, 0.2) is 62.6 Å². The van der Waals surface area contributed by atoms with Gasteiger partial charge in [-0.1, -0.05) is 41.9 Å². The number of nitro benzene ring substituents is 2.